The predicted octanol–water partition coefficient (Wildman–Crippen LogP) is 2.03. The molecule has 0 aliphatic heterocycles. The molecule has 9 N–H and O–H groups in total. The molecule has 0 radical (unpaired) electrons. The van der Waals surface area contributed by atoms with E-state index in [0.717, 1.165) is 4.68 Å². The second-order valence-corrected chi connectivity index (χ2v) is 12.3. The first-order valence-electron chi connectivity index (χ1n) is 12.8. The smallest absolute Gasteiger partial charge is 0.294 e. The van der Waals surface area contributed by atoms with Gasteiger partial charge in [-0.15, -0.1) is 10.2 Å². The summed E-state index contributed by atoms with van der Waals surface area (Å²) in [6.45, 7) is 1.61. The molecule has 0 aliphatic carbocycles. The van der Waals surface area contributed by atoms with Gasteiger partial charge in [-0.1, -0.05) is 0 Å². The van der Waals surface area contributed by atoms with E-state index >= 15 is 0 Å². The number of aromatic nitrogens is 7. The van der Waals surface area contributed by atoms with Crippen LogP contribution in [0.4, 0.5) is 40.6 Å². The number of aryl methyl sites for hydroxylation is 2. The molecule has 1 atom stereocenters. The van der Waals surface area contributed by atoms with Gasteiger partial charge in [-0.25, -0.2) is 4.68 Å². The largest absolute Gasteiger partial charge is 0.382 e. The van der Waals surface area contributed by atoms with Crippen molar-refractivity contribution in [3.63, 3.8) is 0 Å². The second kappa shape index (κ2) is 12.2. The molecule has 2 aromatic carbocycles. The number of azo groups is 1. The number of hydrogen-bond donors (Lipinski definition) is 7. The minimum absolute atomic E-state index is 0.0311. The highest BCUT2D eigenvalue weighted by atomic mass is 32.2. The number of nitrogens with two attached hydrogens (primary N) is 2. The Labute approximate surface area is 260 Å². The van der Waals surface area contributed by atoms with E-state index in [1.54, 1.807) is 14.0 Å². The van der Waals surface area contributed by atoms with Gasteiger partial charge in [0, 0.05) is 18.4 Å². The molecule has 3 heterocycles. The number of aliphatic hydroxyl groups excluding tert-OH is 1. The predicted molar refractivity (Wildman–Crippen MR) is 162 cm³/mol. The zero-order chi connectivity index (χ0) is 33.4. The van der Waals surface area contributed by atoms with Gasteiger partial charge in [0.15, 0.2) is 17.3 Å². The number of aliphatic hydroxyl groups is 1. The number of nitrogens with one attached hydrogen (secondary N) is 2. The Morgan fingerprint density at radius 3 is 1.80 bits per heavy atom. The molecule has 240 valence electrons. The van der Waals surface area contributed by atoms with Crippen LogP contribution in [0.15, 0.2) is 74.7 Å². The number of nitrogen functional groups attached to an aromatic ring is 1. The van der Waals surface area contributed by atoms with Crippen molar-refractivity contribution < 1.29 is 31.0 Å². The highest BCUT2D eigenvalue weighted by molar-refractivity contribution is 7.86. The lowest BCUT2D eigenvalue weighted by molar-refractivity contribution is 0.186. The molecular weight excluding hydrogens is 646 g/mol. The Kier molecular flexibility index (Phi) is 8.48. The fourth-order valence-corrected chi connectivity index (χ4v) is 4.90. The molecule has 1 unspecified atom stereocenters. The Bertz CT molecular complexity index is 2070. The fourth-order valence-electron chi connectivity index (χ4n) is 3.94. The molecular formula is C24H25N13O7S2. The lowest BCUT2D eigenvalue weighted by Gasteiger charge is -2.11. The molecule has 46 heavy (non-hydrogen) atoms. The Hall–Kier alpha value is -5.39. The van der Waals surface area contributed by atoms with Crippen LogP contribution in [0, 0.1) is 6.92 Å². The summed E-state index contributed by atoms with van der Waals surface area (Å²) in [6.07, 6.45) is -0.00151. The molecule has 5 rings (SSSR count). The minimum Gasteiger partial charge on any atom is -0.382 e. The molecule has 0 bridgehead atoms. The third kappa shape index (κ3) is 6.96. The third-order valence-electron chi connectivity index (χ3n) is 6.19. The molecule has 0 saturated carbocycles. The molecule has 20 nitrogen and oxygen atoms in total. The summed E-state index contributed by atoms with van der Waals surface area (Å²) in [7, 11) is -7.26. The van der Waals surface area contributed by atoms with Crippen molar-refractivity contribution >= 4 is 60.8 Å². The number of benzene rings is 2. The van der Waals surface area contributed by atoms with Crippen molar-refractivity contribution in [1.82, 2.24) is 34.5 Å². The first-order chi connectivity index (χ1) is 21.6. The average Bonchev–Trinajstić information content (AvgIpc) is 3.49. The molecule has 0 amide bonds. The van der Waals surface area contributed by atoms with Crippen molar-refractivity contribution in [2.45, 2.75) is 22.9 Å². The van der Waals surface area contributed by atoms with Gasteiger partial charge in [0.25, 0.3) is 26.2 Å². The first kappa shape index (κ1) is 32.0. The van der Waals surface area contributed by atoms with Gasteiger partial charge in [0.05, 0.1) is 27.2 Å². The van der Waals surface area contributed by atoms with Crippen molar-refractivity contribution in [3.05, 3.63) is 66.0 Å². The Morgan fingerprint density at radius 1 is 0.848 bits per heavy atom. The van der Waals surface area contributed by atoms with E-state index < -0.39 is 26.5 Å². The van der Waals surface area contributed by atoms with Crippen LogP contribution >= 0.6 is 0 Å². The summed E-state index contributed by atoms with van der Waals surface area (Å²) in [4.78, 5) is 12.4. The van der Waals surface area contributed by atoms with E-state index in [1.807, 2.05) is 0 Å². The van der Waals surface area contributed by atoms with Crippen LogP contribution in [-0.4, -0.2) is 65.6 Å². The summed E-state index contributed by atoms with van der Waals surface area (Å²) in [6, 6.07) is 10.1. The summed E-state index contributed by atoms with van der Waals surface area (Å²) < 4.78 is 66.8. The molecule has 0 aliphatic rings. The van der Waals surface area contributed by atoms with Gasteiger partial charge in [0.1, 0.15) is 6.23 Å². The maximum atomic E-state index is 11.4. The van der Waals surface area contributed by atoms with Gasteiger partial charge in [-0.05, 0) is 55.5 Å². The lowest BCUT2D eigenvalue weighted by atomic mass is 10.3. The molecule has 0 spiro atoms. The second-order valence-electron chi connectivity index (χ2n) is 9.45. The standard InChI is InChI=1S/C24H25N13O7S2/c1-12-18(33-34-21-17(20(26)38)11-27-36(21)2)19(25)37(35-12)24-31-22(28-13-3-7-15(8-4-13)45(39,40)41)30-23(32-24)29-14-5-9-16(10-6-14)46(42,43)44/h3-11,20,38H,25-26H2,1-2H3,(H,39,40,41)(H,42,43,44)(H2,28,29,30,31,32). The van der Waals surface area contributed by atoms with Crippen LogP contribution in [0.1, 0.15) is 17.5 Å². The summed E-state index contributed by atoms with van der Waals surface area (Å²) in [5.74, 6) is -0.0800. The molecule has 5 aromatic rings. The zero-order valence-electron chi connectivity index (χ0n) is 23.7. The van der Waals surface area contributed by atoms with Crippen LogP contribution in [-0.2, 0) is 27.3 Å². The minimum atomic E-state index is -4.42. The molecule has 0 saturated heterocycles. The number of anilines is 5. The van der Waals surface area contributed by atoms with Crippen LogP contribution in [0.25, 0.3) is 5.95 Å². The van der Waals surface area contributed by atoms with Gasteiger partial charge in [0.2, 0.25) is 11.9 Å². The molecule has 3 aromatic heterocycles. The normalized spacial score (nSPS) is 12.8. The topological polar surface area (TPSA) is 304 Å². The number of rotatable bonds is 10. The maximum absolute atomic E-state index is 11.4. The summed E-state index contributed by atoms with van der Waals surface area (Å²) >= 11 is 0. The van der Waals surface area contributed by atoms with Crippen molar-refractivity contribution in [2.24, 2.45) is 23.0 Å². The van der Waals surface area contributed by atoms with Gasteiger partial charge in [-0.3, -0.25) is 9.11 Å². The number of nitrogens with zero attached hydrogens (tertiary/aromatic N) is 9. The fraction of sp³-hybridized carbons (Fsp3) is 0.125. The van der Waals surface area contributed by atoms with Crippen molar-refractivity contribution in [3.8, 4) is 5.95 Å². The van der Waals surface area contributed by atoms with Crippen LogP contribution in [0.2, 0.25) is 0 Å². The van der Waals surface area contributed by atoms with E-state index in [1.165, 1.54) is 59.4 Å². The number of hydrogen-bond acceptors (Lipinski definition) is 16. The van der Waals surface area contributed by atoms with E-state index in [0.29, 0.717) is 17.1 Å². The Balaban J connectivity index is 1.54. The first-order valence-corrected chi connectivity index (χ1v) is 15.7. The van der Waals surface area contributed by atoms with Gasteiger partial charge in [-0.2, -0.15) is 46.7 Å². The van der Waals surface area contributed by atoms with Crippen LogP contribution in [0.3, 0.4) is 0 Å². The maximum Gasteiger partial charge on any atom is 0.294 e. The lowest BCUT2D eigenvalue weighted by Crippen LogP contribution is -2.12. The van der Waals surface area contributed by atoms with E-state index in [-0.39, 0.29) is 50.5 Å². The summed E-state index contributed by atoms with van der Waals surface area (Å²) in [5.41, 5.74) is 13.3. The highest BCUT2D eigenvalue weighted by Crippen LogP contribution is 2.32. The highest BCUT2D eigenvalue weighted by Gasteiger charge is 2.20. The molecule has 22 heteroatoms. The van der Waals surface area contributed by atoms with Gasteiger partial charge < -0.3 is 27.2 Å². The van der Waals surface area contributed by atoms with Gasteiger partial charge >= 0.3 is 0 Å². The van der Waals surface area contributed by atoms with Crippen LogP contribution < -0.4 is 22.1 Å². The van der Waals surface area contributed by atoms with Crippen LogP contribution in [0.5, 0.6) is 0 Å². The Morgan fingerprint density at radius 2 is 1.35 bits per heavy atom. The zero-order valence-corrected chi connectivity index (χ0v) is 25.4. The third-order valence-corrected chi connectivity index (χ3v) is 7.93. The van der Waals surface area contributed by atoms with Crippen molar-refractivity contribution in [1.29, 1.82) is 0 Å². The monoisotopic (exact) mass is 671 g/mol. The van der Waals surface area contributed by atoms with Crippen molar-refractivity contribution in [2.75, 3.05) is 16.4 Å². The molecule has 0 fully saturated rings. The SMILES string of the molecule is Cc1nn(-c2nc(Nc3ccc(S(=O)(=O)O)cc3)nc(Nc3ccc(S(=O)(=O)O)cc3)n2)c(N)c1N=Nc1c(C(N)O)cnn1C. The van der Waals surface area contributed by atoms with E-state index in [2.05, 4.69) is 46.0 Å². The average molecular weight is 672 g/mol. The van der Waals surface area contributed by atoms with E-state index in [4.69, 9.17) is 11.5 Å². The quantitative estimate of drug-likeness (QED) is 0.0634. The van der Waals surface area contributed by atoms with E-state index in [9.17, 15) is 31.0 Å². The summed E-state index contributed by atoms with van der Waals surface area (Å²) in [5, 5.41) is 32.3.